The number of hydrogen-bond acceptors (Lipinski definition) is 3. The highest BCUT2D eigenvalue weighted by atomic mass is 16.5. The molecule has 2 aliphatic rings. The molecule has 3 heteroatoms. The highest BCUT2D eigenvalue weighted by Gasteiger charge is 2.41. The zero-order valence-corrected chi connectivity index (χ0v) is 12.3. The van der Waals surface area contributed by atoms with Crippen molar-refractivity contribution in [3.63, 3.8) is 0 Å². The molecule has 1 saturated heterocycles. The van der Waals surface area contributed by atoms with Crippen LogP contribution >= 0.6 is 0 Å². The Hall–Kier alpha value is -1.06. The first-order chi connectivity index (χ1) is 9.80. The summed E-state index contributed by atoms with van der Waals surface area (Å²) in [5, 5.41) is 9.09. The van der Waals surface area contributed by atoms with Crippen LogP contribution in [-0.4, -0.2) is 43.4 Å². The highest BCUT2D eigenvalue weighted by Crippen LogP contribution is 2.43. The minimum absolute atomic E-state index is 0.294. The summed E-state index contributed by atoms with van der Waals surface area (Å²) in [5.74, 6) is 3.46. The van der Waals surface area contributed by atoms with Gasteiger partial charge in [-0.25, -0.2) is 0 Å². The van der Waals surface area contributed by atoms with Gasteiger partial charge in [0.25, 0.3) is 0 Å². The Morgan fingerprint density at radius 1 is 1.20 bits per heavy atom. The average Bonchev–Trinajstić information content (AvgIpc) is 3.02. The largest absolute Gasteiger partial charge is 0.497 e. The number of ether oxygens (including phenoxy) is 1. The summed E-state index contributed by atoms with van der Waals surface area (Å²) in [4.78, 5) is 2.44. The lowest BCUT2D eigenvalue weighted by Crippen LogP contribution is -2.26. The molecular formula is C17H25NO2. The van der Waals surface area contributed by atoms with Gasteiger partial charge in [0.05, 0.1) is 13.7 Å². The lowest BCUT2D eigenvalue weighted by Gasteiger charge is -2.20. The molecule has 0 bridgehead atoms. The van der Waals surface area contributed by atoms with E-state index in [9.17, 15) is 0 Å². The lowest BCUT2D eigenvalue weighted by atomic mass is 9.87. The molecule has 2 fully saturated rings. The van der Waals surface area contributed by atoms with Crippen LogP contribution in [0.2, 0.25) is 0 Å². The van der Waals surface area contributed by atoms with E-state index in [1.165, 1.54) is 37.9 Å². The summed E-state index contributed by atoms with van der Waals surface area (Å²) < 4.78 is 5.22. The standard InChI is InChI=1S/C17H25NO2/c1-20-16-6-2-13(3-7-16)10-14-4-5-15-11-18(8-9-19)12-17(14)15/h2-3,6-7,14-15,17,19H,4-5,8-12H2,1H3/t14-,15-,17-/m1/s1. The van der Waals surface area contributed by atoms with Crippen molar-refractivity contribution in [2.24, 2.45) is 17.8 Å². The van der Waals surface area contributed by atoms with Gasteiger partial charge in [-0.2, -0.15) is 0 Å². The molecule has 1 aromatic carbocycles. The van der Waals surface area contributed by atoms with Crippen molar-refractivity contribution in [2.75, 3.05) is 33.4 Å². The quantitative estimate of drug-likeness (QED) is 0.894. The van der Waals surface area contributed by atoms with Gasteiger partial charge in [-0.05, 0) is 54.7 Å². The summed E-state index contributed by atoms with van der Waals surface area (Å²) in [5.41, 5.74) is 1.43. The molecule has 3 atom stereocenters. The molecule has 0 amide bonds. The minimum atomic E-state index is 0.294. The van der Waals surface area contributed by atoms with Crippen molar-refractivity contribution < 1.29 is 9.84 Å². The van der Waals surface area contributed by atoms with Gasteiger partial charge in [-0.15, -0.1) is 0 Å². The number of nitrogens with zero attached hydrogens (tertiary/aromatic N) is 1. The topological polar surface area (TPSA) is 32.7 Å². The van der Waals surface area contributed by atoms with E-state index in [0.29, 0.717) is 6.61 Å². The maximum Gasteiger partial charge on any atom is 0.118 e. The van der Waals surface area contributed by atoms with Gasteiger partial charge in [0.2, 0.25) is 0 Å². The number of fused-ring (bicyclic) bond motifs is 1. The van der Waals surface area contributed by atoms with Crippen LogP contribution in [0.25, 0.3) is 0 Å². The van der Waals surface area contributed by atoms with E-state index in [1.807, 2.05) is 0 Å². The fourth-order valence-corrected chi connectivity index (χ4v) is 4.11. The maximum absolute atomic E-state index is 9.09. The highest BCUT2D eigenvalue weighted by molar-refractivity contribution is 5.27. The van der Waals surface area contributed by atoms with Crippen LogP contribution in [0.1, 0.15) is 18.4 Å². The van der Waals surface area contributed by atoms with Crippen molar-refractivity contribution in [1.82, 2.24) is 4.90 Å². The first kappa shape index (κ1) is 13.9. The molecule has 0 spiro atoms. The average molecular weight is 275 g/mol. The van der Waals surface area contributed by atoms with Gasteiger partial charge >= 0.3 is 0 Å². The molecule has 0 aromatic heterocycles. The van der Waals surface area contributed by atoms with Crippen LogP contribution in [0.15, 0.2) is 24.3 Å². The van der Waals surface area contributed by atoms with E-state index < -0.39 is 0 Å². The summed E-state index contributed by atoms with van der Waals surface area (Å²) in [6.07, 6.45) is 3.93. The van der Waals surface area contributed by atoms with Crippen LogP contribution in [0, 0.1) is 17.8 Å². The second-order valence-corrected chi connectivity index (χ2v) is 6.30. The molecule has 3 nitrogen and oxygen atoms in total. The number of benzene rings is 1. The van der Waals surface area contributed by atoms with Gasteiger partial charge in [-0.3, -0.25) is 0 Å². The predicted molar refractivity (Wildman–Crippen MR) is 79.9 cm³/mol. The van der Waals surface area contributed by atoms with E-state index in [-0.39, 0.29) is 0 Å². The van der Waals surface area contributed by atoms with Crippen molar-refractivity contribution in [2.45, 2.75) is 19.3 Å². The van der Waals surface area contributed by atoms with Crippen LogP contribution in [0.5, 0.6) is 5.75 Å². The number of methoxy groups -OCH3 is 1. The van der Waals surface area contributed by atoms with Crippen LogP contribution in [0.4, 0.5) is 0 Å². The third-order valence-corrected chi connectivity index (χ3v) is 5.15. The molecule has 0 radical (unpaired) electrons. The Morgan fingerprint density at radius 3 is 2.70 bits per heavy atom. The van der Waals surface area contributed by atoms with Crippen molar-refractivity contribution in [3.05, 3.63) is 29.8 Å². The van der Waals surface area contributed by atoms with Gasteiger partial charge < -0.3 is 14.7 Å². The monoisotopic (exact) mass is 275 g/mol. The normalized spacial score (nSPS) is 29.6. The van der Waals surface area contributed by atoms with Crippen molar-refractivity contribution in [1.29, 1.82) is 0 Å². The number of β-amino-alcohol motifs (C(OH)–C–C–N with tert-alkyl or cyclic N) is 1. The number of hydrogen-bond donors (Lipinski definition) is 1. The molecule has 1 saturated carbocycles. The summed E-state index contributed by atoms with van der Waals surface area (Å²) in [6.45, 7) is 3.53. The Balaban J connectivity index is 1.60. The molecule has 110 valence electrons. The van der Waals surface area contributed by atoms with Crippen LogP contribution < -0.4 is 4.74 Å². The molecule has 1 aliphatic heterocycles. The first-order valence-corrected chi connectivity index (χ1v) is 7.76. The number of aliphatic hydroxyl groups is 1. The summed E-state index contributed by atoms with van der Waals surface area (Å²) in [6, 6.07) is 8.53. The molecular weight excluding hydrogens is 250 g/mol. The molecule has 3 rings (SSSR count). The smallest absolute Gasteiger partial charge is 0.118 e. The third kappa shape index (κ3) is 2.84. The Morgan fingerprint density at radius 2 is 2.00 bits per heavy atom. The van der Waals surface area contributed by atoms with Crippen LogP contribution in [0.3, 0.4) is 0 Å². The predicted octanol–water partition coefficient (Wildman–Crippen LogP) is 2.19. The minimum Gasteiger partial charge on any atom is -0.497 e. The second kappa shape index (κ2) is 6.15. The fraction of sp³-hybridized carbons (Fsp3) is 0.647. The van der Waals surface area contributed by atoms with Gasteiger partial charge in [0.1, 0.15) is 5.75 Å². The summed E-state index contributed by atoms with van der Waals surface area (Å²) in [7, 11) is 1.71. The number of likely N-dealkylation sites (tertiary alicyclic amines) is 1. The Labute approximate surface area is 121 Å². The van der Waals surface area contributed by atoms with Gasteiger partial charge in [0, 0.05) is 19.6 Å². The molecule has 20 heavy (non-hydrogen) atoms. The van der Waals surface area contributed by atoms with E-state index in [0.717, 1.165) is 30.0 Å². The third-order valence-electron chi connectivity index (χ3n) is 5.15. The van der Waals surface area contributed by atoms with Crippen molar-refractivity contribution >= 4 is 0 Å². The Kier molecular flexibility index (Phi) is 4.27. The van der Waals surface area contributed by atoms with Crippen molar-refractivity contribution in [3.8, 4) is 5.75 Å². The first-order valence-electron chi connectivity index (χ1n) is 7.76. The molecule has 1 aliphatic carbocycles. The zero-order valence-electron chi connectivity index (χ0n) is 12.3. The zero-order chi connectivity index (χ0) is 13.9. The van der Waals surface area contributed by atoms with E-state index in [2.05, 4.69) is 29.2 Å². The number of rotatable bonds is 5. The van der Waals surface area contributed by atoms with Gasteiger partial charge in [0.15, 0.2) is 0 Å². The molecule has 1 N–H and O–H groups in total. The molecule has 1 heterocycles. The molecule has 1 aromatic rings. The number of aliphatic hydroxyl groups excluding tert-OH is 1. The van der Waals surface area contributed by atoms with Crippen LogP contribution in [-0.2, 0) is 6.42 Å². The molecule has 0 unspecified atom stereocenters. The van der Waals surface area contributed by atoms with E-state index in [4.69, 9.17) is 9.84 Å². The van der Waals surface area contributed by atoms with E-state index >= 15 is 0 Å². The second-order valence-electron chi connectivity index (χ2n) is 6.30. The SMILES string of the molecule is COc1ccc(C[C@H]2CC[C@@H]3CN(CCO)C[C@H]23)cc1. The summed E-state index contributed by atoms with van der Waals surface area (Å²) >= 11 is 0. The maximum atomic E-state index is 9.09. The fourth-order valence-electron chi connectivity index (χ4n) is 4.11. The Bertz CT molecular complexity index is 431. The lowest BCUT2D eigenvalue weighted by molar-refractivity contribution is 0.207. The van der Waals surface area contributed by atoms with E-state index in [1.54, 1.807) is 7.11 Å². The van der Waals surface area contributed by atoms with Gasteiger partial charge in [-0.1, -0.05) is 12.1 Å².